The molecule has 1 saturated heterocycles. The van der Waals surface area contributed by atoms with Crippen molar-refractivity contribution in [2.24, 2.45) is 0 Å². The number of nitrogens with one attached hydrogen (secondary N) is 1. The molecule has 0 radical (unpaired) electrons. The third-order valence-corrected chi connectivity index (χ3v) is 1.86. The number of aryl methyl sites for hydroxylation is 1. The van der Waals surface area contributed by atoms with E-state index >= 15 is 0 Å². The molecule has 1 aromatic heterocycles. The maximum atomic E-state index is 5.28. The molecule has 0 aliphatic carbocycles. The first-order valence-corrected chi connectivity index (χ1v) is 4.09. The van der Waals surface area contributed by atoms with Crippen molar-refractivity contribution in [1.29, 1.82) is 0 Å². The Labute approximate surface area is 83.1 Å². The lowest BCUT2D eigenvalue weighted by Crippen LogP contribution is -2.34. The van der Waals surface area contributed by atoms with Gasteiger partial charge in [0.05, 0.1) is 18.9 Å². The lowest BCUT2D eigenvalue weighted by molar-refractivity contribution is 0.0681. The van der Waals surface area contributed by atoms with Crippen LogP contribution in [0, 0.1) is 6.92 Å². The molecule has 4 nitrogen and oxygen atoms in total. The first-order chi connectivity index (χ1) is 5.86. The van der Waals surface area contributed by atoms with Crippen molar-refractivity contribution >= 4 is 12.4 Å². The summed E-state index contributed by atoms with van der Waals surface area (Å²) in [5.41, 5.74) is 0.914. The fraction of sp³-hybridized carbons (Fsp3) is 0.625. The Balaban J connectivity index is 0.000000845. The molecule has 0 saturated carbocycles. The van der Waals surface area contributed by atoms with Crippen molar-refractivity contribution in [3.05, 3.63) is 17.8 Å². The zero-order valence-electron chi connectivity index (χ0n) is 7.45. The number of oxazole rings is 1. The van der Waals surface area contributed by atoms with Gasteiger partial charge < -0.3 is 14.5 Å². The quantitative estimate of drug-likeness (QED) is 0.744. The second-order valence-electron chi connectivity index (χ2n) is 2.91. The fourth-order valence-electron chi connectivity index (χ4n) is 1.26. The molecule has 1 unspecified atom stereocenters. The van der Waals surface area contributed by atoms with Crippen LogP contribution in [0.15, 0.2) is 10.7 Å². The molecule has 13 heavy (non-hydrogen) atoms. The molecule has 2 heterocycles. The Bertz CT molecular complexity index is 258. The van der Waals surface area contributed by atoms with E-state index in [-0.39, 0.29) is 18.4 Å². The zero-order valence-corrected chi connectivity index (χ0v) is 8.26. The van der Waals surface area contributed by atoms with Crippen LogP contribution in [-0.4, -0.2) is 24.7 Å². The molecule has 1 aliphatic rings. The smallest absolute Gasteiger partial charge is 0.213 e. The number of ether oxygens (including phenoxy) is 1. The number of morpholine rings is 1. The summed E-state index contributed by atoms with van der Waals surface area (Å²) in [6.07, 6.45) is 1.66. The van der Waals surface area contributed by atoms with E-state index in [1.807, 2.05) is 6.92 Å². The topological polar surface area (TPSA) is 47.3 Å². The average molecular weight is 205 g/mol. The highest BCUT2D eigenvalue weighted by Gasteiger charge is 2.19. The molecule has 2 rings (SSSR count). The van der Waals surface area contributed by atoms with Gasteiger partial charge in [0.2, 0.25) is 5.89 Å². The van der Waals surface area contributed by atoms with Crippen molar-refractivity contribution in [1.82, 2.24) is 10.3 Å². The van der Waals surface area contributed by atoms with Crippen LogP contribution in [0.4, 0.5) is 0 Å². The molecule has 1 aromatic rings. The molecule has 0 aromatic carbocycles. The number of rotatable bonds is 1. The highest BCUT2D eigenvalue weighted by Crippen LogP contribution is 2.14. The third kappa shape index (κ3) is 2.43. The number of aromatic nitrogens is 1. The lowest BCUT2D eigenvalue weighted by atomic mass is 10.3. The SMILES string of the molecule is Cc1coc(C2COCCN2)n1.Cl. The Morgan fingerprint density at radius 2 is 2.46 bits per heavy atom. The van der Waals surface area contributed by atoms with Crippen molar-refractivity contribution < 1.29 is 9.15 Å². The van der Waals surface area contributed by atoms with Gasteiger partial charge in [-0.25, -0.2) is 4.98 Å². The molecular formula is C8H13ClN2O2. The van der Waals surface area contributed by atoms with Gasteiger partial charge in [0, 0.05) is 6.54 Å². The Hall–Kier alpha value is -0.580. The molecule has 0 bridgehead atoms. The van der Waals surface area contributed by atoms with Gasteiger partial charge in [-0.1, -0.05) is 0 Å². The van der Waals surface area contributed by atoms with E-state index < -0.39 is 0 Å². The second-order valence-corrected chi connectivity index (χ2v) is 2.91. The average Bonchev–Trinajstić information content (AvgIpc) is 2.54. The van der Waals surface area contributed by atoms with Gasteiger partial charge in [0.25, 0.3) is 0 Å². The summed E-state index contributed by atoms with van der Waals surface area (Å²) in [4.78, 5) is 4.23. The van der Waals surface area contributed by atoms with Crippen molar-refractivity contribution in [3.8, 4) is 0 Å². The third-order valence-electron chi connectivity index (χ3n) is 1.86. The highest BCUT2D eigenvalue weighted by atomic mass is 35.5. The zero-order chi connectivity index (χ0) is 8.39. The largest absolute Gasteiger partial charge is 0.447 e. The summed E-state index contributed by atoms with van der Waals surface area (Å²) in [6, 6.07) is 0.132. The van der Waals surface area contributed by atoms with Crippen LogP contribution in [0.2, 0.25) is 0 Å². The molecule has 0 spiro atoms. The summed E-state index contributed by atoms with van der Waals surface area (Å²) in [5.74, 6) is 0.729. The van der Waals surface area contributed by atoms with E-state index in [9.17, 15) is 0 Å². The molecule has 1 aliphatic heterocycles. The van der Waals surface area contributed by atoms with Gasteiger partial charge in [0.1, 0.15) is 12.3 Å². The van der Waals surface area contributed by atoms with Crippen LogP contribution in [0.1, 0.15) is 17.6 Å². The molecule has 74 valence electrons. The normalized spacial score (nSPS) is 22.4. The van der Waals surface area contributed by atoms with E-state index in [1.54, 1.807) is 6.26 Å². The van der Waals surface area contributed by atoms with Crippen LogP contribution in [0.25, 0.3) is 0 Å². The van der Waals surface area contributed by atoms with Crippen LogP contribution in [0.5, 0.6) is 0 Å². The maximum absolute atomic E-state index is 5.28. The Kier molecular flexibility index (Phi) is 3.71. The summed E-state index contributed by atoms with van der Waals surface area (Å²) in [6.45, 7) is 4.21. The minimum atomic E-state index is 0. The van der Waals surface area contributed by atoms with Gasteiger partial charge in [-0.05, 0) is 6.92 Å². The molecular weight excluding hydrogens is 192 g/mol. The predicted octanol–water partition coefficient (Wildman–Crippen LogP) is 1.07. The fourth-order valence-corrected chi connectivity index (χ4v) is 1.26. The molecule has 0 amide bonds. The van der Waals surface area contributed by atoms with Crippen LogP contribution >= 0.6 is 12.4 Å². The van der Waals surface area contributed by atoms with Crippen LogP contribution < -0.4 is 5.32 Å². The van der Waals surface area contributed by atoms with Crippen molar-refractivity contribution in [2.45, 2.75) is 13.0 Å². The van der Waals surface area contributed by atoms with E-state index in [0.717, 1.165) is 24.7 Å². The van der Waals surface area contributed by atoms with Gasteiger partial charge in [0.15, 0.2) is 0 Å². The number of nitrogens with zero attached hydrogens (tertiary/aromatic N) is 1. The molecule has 1 N–H and O–H groups in total. The molecule has 5 heteroatoms. The Morgan fingerprint density at radius 3 is 3.00 bits per heavy atom. The first kappa shape index (κ1) is 10.5. The van der Waals surface area contributed by atoms with E-state index in [0.29, 0.717) is 6.61 Å². The highest BCUT2D eigenvalue weighted by molar-refractivity contribution is 5.85. The standard InChI is InChI=1S/C8H12N2O2.ClH/c1-6-4-12-8(10-6)7-5-11-3-2-9-7;/h4,7,9H,2-3,5H2,1H3;1H. The number of hydrogen-bond donors (Lipinski definition) is 1. The Morgan fingerprint density at radius 1 is 1.62 bits per heavy atom. The second kappa shape index (κ2) is 4.60. The molecule has 1 atom stereocenters. The van der Waals surface area contributed by atoms with E-state index in [2.05, 4.69) is 10.3 Å². The van der Waals surface area contributed by atoms with E-state index in [1.165, 1.54) is 0 Å². The van der Waals surface area contributed by atoms with Crippen LogP contribution in [-0.2, 0) is 4.74 Å². The maximum Gasteiger partial charge on any atom is 0.213 e. The van der Waals surface area contributed by atoms with E-state index in [4.69, 9.17) is 9.15 Å². The summed E-state index contributed by atoms with van der Waals surface area (Å²) in [5, 5.41) is 3.27. The number of hydrogen-bond acceptors (Lipinski definition) is 4. The minimum absolute atomic E-state index is 0. The van der Waals surface area contributed by atoms with Gasteiger partial charge >= 0.3 is 0 Å². The summed E-state index contributed by atoms with van der Waals surface area (Å²) < 4.78 is 10.5. The van der Waals surface area contributed by atoms with Crippen LogP contribution in [0.3, 0.4) is 0 Å². The number of halogens is 1. The van der Waals surface area contributed by atoms with Gasteiger partial charge in [-0.15, -0.1) is 12.4 Å². The lowest BCUT2D eigenvalue weighted by Gasteiger charge is -2.20. The molecule has 1 fully saturated rings. The summed E-state index contributed by atoms with van der Waals surface area (Å²) >= 11 is 0. The van der Waals surface area contributed by atoms with Gasteiger partial charge in [-0.3, -0.25) is 0 Å². The van der Waals surface area contributed by atoms with Crippen molar-refractivity contribution in [2.75, 3.05) is 19.8 Å². The monoisotopic (exact) mass is 204 g/mol. The van der Waals surface area contributed by atoms with Gasteiger partial charge in [-0.2, -0.15) is 0 Å². The predicted molar refractivity (Wildman–Crippen MR) is 50.1 cm³/mol. The first-order valence-electron chi connectivity index (χ1n) is 4.09. The minimum Gasteiger partial charge on any atom is -0.447 e. The summed E-state index contributed by atoms with van der Waals surface area (Å²) in [7, 11) is 0. The van der Waals surface area contributed by atoms with Crippen molar-refractivity contribution in [3.63, 3.8) is 0 Å².